The molecule has 0 amide bonds. The Bertz CT molecular complexity index is 487. The molecule has 0 atom stereocenters. The highest BCUT2D eigenvalue weighted by molar-refractivity contribution is 5.44. The molecule has 0 saturated heterocycles. The zero-order valence-corrected chi connectivity index (χ0v) is 9.22. The summed E-state index contributed by atoms with van der Waals surface area (Å²) in [7, 11) is 0. The maximum absolute atomic E-state index is 4.26. The SMILES string of the molecule is C=CCNc1nccn1-c1cccnc1C. The number of rotatable bonds is 4. The number of hydrogen-bond donors (Lipinski definition) is 1. The zero-order chi connectivity index (χ0) is 11.4. The molecule has 0 fully saturated rings. The van der Waals surface area contributed by atoms with E-state index in [4.69, 9.17) is 0 Å². The molecule has 16 heavy (non-hydrogen) atoms. The standard InChI is InChI=1S/C12H14N4/c1-3-6-14-12-15-8-9-16(12)11-5-4-7-13-10(11)2/h3-5,7-9H,1,6H2,2H3,(H,14,15). The van der Waals surface area contributed by atoms with Gasteiger partial charge in [0.2, 0.25) is 5.95 Å². The van der Waals surface area contributed by atoms with E-state index in [0.29, 0.717) is 6.54 Å². The second kappa shape index (κ2) is 4.61. The first-order valence-corrected chi connectivity index (χ1v) is 5.13. The van der Waals surface area contributed by atoms with Crippen LogP contribution >= 0.6 is 0 Å². The maximum Gasteiger partial charge on any atom is 0.207 e. The predicted octanol–water partition coefficient (Wildman–Crippen LogP) is 2.17. The lowest BCUT2D eigenvalue weighted by Gasteiger charge is -2.10. The summed E-state index contributed by atoms with van der Waals surface area (Å²) in [4.78, 5) is 8.51. The minimum absolute atomic E-state index is 0.691. The highest BCUT2D eigenvalue weighted by Gasteiger charge is 2.06. The number of imidazole rings is 1. The fourth-order valence-electron chi connectivity index (χ4n) is 1.52. The van der Waals surface area contributed by atoms with Crippen molar-refractivity contribution < 1.29 is 0 Å². The van der Waals surface area contributed by atoms with Crippen molar-refractivity contribution in [1.82, 2.24) is 14.5 Å². The zero-order valence-electron chi connectivity index (χ0n) is 9.22. The minimum Gasteiger partial charge on any atom is -0.352 e. The average molecular weight is 214 g/mol. The van der Waals surface area contributed by atoms with Crippen LogP contribution in [0, 0.1) is 6.92 Å². The van der Waals surface area contributed by atoms with Crippen LogP contribution in [0.3, 0.4) is 0 Å². The molecular formula is C12H14N4. The first-order valence-electron chi connectivity index (χ1n) is 5.13. The second-order valence-electron chi connectivity index (χ2n) is 3.40. The Morgan fingerprint density at radius 2 is 2.31 bits per heavy atom. The molecule has 0 aliphatic carbocycles. The number of aryl methyl sites for hydroxylation is 1. The molecule has 0 aliphatic heterocycles. The lowest BCUT2D eigenvalue weighted by molar-refractivity contribution is 0.999. The van der Waals surface area contributed by atoms with Gasteiger partial charge < -0.3 is 5.32 Å². The maximum atomic E-state index is 4.26. The van der Waals surface area contributed by atoms with E-state index in [0.717, 1.165) is 17.3 Å². The van der Waals surface area contributed by atoms with Crippen molar-refractivity contribution in [1.29, 1.82) is 0 Å². The summed E-state index contributed by atoms with van der Waals surface area (Å²) in [6, 6.07) is 3.93. The minimum atomic E-state index is 0.691. The van der Waals surface area contributed by atoms with Gasteiger partial charge in [0.15, 0.2) is 0 Å². The van der Waals surface area contributed by atoms with Gasteiger partial charge in [-0.05, 0) is 19.1 Å². The summed E-state index contributed by atoms with van der Waals surface area (Å²) in [5.41, 5.74) is 2.01. The van der Waals surface area contributed by atoms with E-state index in [1.54, 1.807) is 18.5 Å². The molecule has 4 heteroatoms. The topological polar surface area (TPSA) is 42.7 Å². The van der Waals surface area contributed by atoms with Gasteiger partial charge in [0.25, 0.3) is 0 Å². The molecule has 0 radical (unpaired) electrons. The van der Waals surface area contributed by atoms with Crippen LogP contribution in [0.5, 0.6) is 0 Å². The fraction of sp³-hybridized carbons (Fsp3) is 0.167. The molecule has 0 spiro atoms. The molecule has 4 nitrogen and oxygen atoms in total. The van der Waals surface area contributed by atoms with E-state index in [-0.39, 0.29) is 0 Å². The molecule has 1 N–H and O–H groups in total. The monoisotopic (exact) mass is 214 g/mol. The van der Waals surface area contributed by atoms with Gasteiger partial charge in [0, 0.05) is 25.1 Å². The average Bonchev–Trinajstić information content (AvgIpc) is 2.75. The third-order valence-corrected chi connectivity index (χ3v) is 2.28. The molecule has 0 aliphatic rings. The number of nitrogens with zero attached hydrogens (tertiary/aromatic N) is 3. The summed E-state index contributed by atoms with van der Waals surface area (Å²) in [6.07, 6.45) is 7.26. The Labute approximate surface area is 94.7 Å². The summed E-state index contributed by atoms with van der Waals surface area (Å²) in [5, 5.41) is 3.17. The summed E-state index contributed by atoms with van der Waals surface area (Å²) in [5.74, 6) is 0.802. The molecule has 82 valence electrons. The van der Waals surface area contributed by atoms with E-state index in [1.165, 1.54) is 0 Å². The van der Waals surface area contributed by atoms with Crippen molar-refractivity contribution in [3.8, 4) is 5.69 Å². The fourth-order valence-corrected chi connectivity index (χ4v) is 1.52. The van der Waals surface area contributed by atoms with Gasteiger partial charge in [0.05, 0.1) is 11.4 Å². The van der Waals surface area contributed by atoms with Crippen LogP contribution in [-0.2, 0) is 0 Å². The van der Waals surface area contributed by atoms with Gasteiger partial charge in [-0.15, -0.1) is 6.58 Å². The van der Waals surface area contributed by atoms with E-state index in [9.17, 15) is 0 Å². The second-order valence-corrected chi connectivity index (χ2v) is 3.40. The molecule has 0 aromatic carbocycles. The van der Waals surface area contributed by atoms with E-state index in [1.807, 2.05) is 29.8 Å². The van der Waals surface area contributed by atoms with E-state index < -0.39 is 0 Å². The third-order valence-electron chi connectivity index (χ3n) is 2.28. The van der Waals surface area contributed by atoms with Gasteiger partial charge in [-0.2, -0.15) is 0 Å². The Hall–Kier alpha value is -2.10. The van der Waals surface area contributed by atoms with Crippen molar-refractivity contribution in [2.24, 2.45) is 0 Å². The van der Waals surface area contributed by atoms with Crippen LogP contribution in [0.2, 0.25) is 0 Å². The number of nitrogens with one attached hydrogen (secondary N) is 1. The van der Waals surface area contributed by atoms with Crippen molar-refractivity contribution in [2.45, 2.75) is 6.92 Å². The lowest BCUT2D eigenvalue weighted by atomic mass is 10.3. The number of aromatic nitrogens is 3. The third kappa shape index (κ3) is 1.95. The van der Waals surface area contributed by atoms with Crippen molar-refractivity contribution in [3.63, 3.8) is 0 Å². The van der Waals surface area contributed by atoms with Gasteiger partial charge in [-0.1, -0.05) is 6.08 Å². The van der Waals surface area contributed by atoms with Crippen molar-refractivity contribution in [3.05, 3.63) is 49.1 Å². The first-order chi connectivity index (χ1) is 7.83. The van der Waals surface area contributed by atoms with Crippen LogP contribution in [0.4, 0.5) is 5.95 Å². The molecule has 0 saturated carbocycles. The highest BCUT2D eigenvalue weighted by atomic mass is 15.2. The summed E-state index contributed by atoms with van der Waals surface area (Å²) >= 11 is 0. The quantitative estimate of drug-likeness (QED) is 0.793. The molecule has 0 unspecified atom stereocenters. The summed E-state index contributed by atoms with van der Waals surface area (Å²) in [6.45, 7) is 6.34. The Morgan fingerprint density at radius 3 is 3.06 bits per heavy atom. The van der Waals surface area contributed by atoms with Crippen LogP contribution in [0.25, 0.3) is 5.69 Å². The van der Waals surface area contributed by atoms with Gasteiger partial charge in [-0.3, -0.25) is 9.55 Å². The molecule has 2 heterocycles. The van der Waals surface area contributed by atoms with Crippen molar-refractivity contribution >= 4 is 5.95 Å². The van der Waals surface area contributed by atoms with Gasteiger partial charge in [0.1, 0.15) is 0 Å². The molecule has 0 bridgehead atoms. The largest absolute Gasteiger partial charge is 0.352 e. The van der Waals surface area contributed by atoms with Gasteiger partial charge >= 0.3 is 0 Å². The normalized spacial score (nSPS) is 10.1. The number of pyridine rings is 1. The van der Waals surface area contributed by atoms with Crippen molar-refractivity contribution in [2.75, 3.05) is 11.9 Å². The van der Waals surface area contributed by atoms with Gasteiger partial charge in [-0.25, -0.2) is 4.98 Å². The molecular weight excluding hydrogens is 200 g/mol. The molecule has 2 rings (SSSR count). The van der Waals surface area contributed by atoms with Crippen LogP contribution in [0.15, 0.2) is 43.4 Å². The van der Waals surface area contributed by atoms with Crippen LogP contribution in [-0.4, -0.2) is 21.1 Å². The summed E-state index contributed by atoms with van der Waals surface area (Å²) < 4.78 is 1.98. The first kappa shape index (κ1) is 10.4. The molecule has 2 aromatic rings. The van der Waals surface area contributed by atoms with E-state index >= 15 is 0 Å². The smallest absolute Gasteiger partial charge is 0.207 e. The Morgan fingerprint density at radius 1 is 1.44 bits per heavy atom. The number of anilines is 1. The highest BCUT2D eigenvalue weighted by Crippen LogP contribution is 2.16. The number of hydrogen-bond acceptors (Lipinski definition) is 3. The van der Waals surface area contributed by atoms with Crippen LogP contribution < -0.4 is 5.32 Å². The Balaban J connectivity index is 2.37. The lowest BCUT2D eigenvalue weighted by Crippen LogP contribution is -2.06. The Kier molecular flexibility index (Phi) is 3.00. The van der Waals surface area contributed by atoms with E-state index in [2.05, 4.69) is 21.9 Å². The molecule has 2 aromatic heterocycles. The van der Waals surface area contributed by atoms with Crippen LogP contribution in [0.1, 0.15) is 5.69 Å². The predicted molar refractivity (Wildman–Crippen MR) is 64.8 cm³/mol.